The molecule has 1 fully saturated rings. The molecule has 0 amide bonds. The Morgan fingerprint density at radius 1 is 0.804 bits per heavy atom. The molecule has 246 valence electrons. The number of halogens is 6. The average Bonchev–Trinajstić information content (AvgIpc) is 3.39. The Morgan fingerprint density at radius 2 is 1.41 bits per heavy atom. The van der Waals surface area contributed by atoms with Gasteiger partial charge in [0.15, 0.2) is 6.10 Å². The molecule has 3 heterocycles. The number of thiophene rings is 1. The maximum absolute atomic E-state index is 12.9. The van der Waals surface area contributed by atoms with Crippen molar-refractivity contribution in [1.82, 2.24) is 4.90 Å². The summed E-state index contributed by atoms with van der Waals surface area (Å²) in [6, 6.07) is 15.2. The summed E-state index contributed by atoms with van der Waals surface area (Å²) in [4.78, 5) is 2.99. The minimum atomic E-state index is -5.09. The summed E-state index contributed by atoms with van der Waals surface area (Å²) in [6.45, 7) is 3.41. The van der Waals surface area contributed by atoms with Crippen LogP contribution in [-0.2, 0) is 22.2 Å². The highest BCUT2D eigenvalue weighted by Crippen LogP contribution is 2.53. The van der Waals surface area contributed by atoms with Crippen LogP contribution in [0.25, 0.3) is 20.5 Å². The maximum atomic E-state index is 12.9. The minimum absolute atomic E-state index is 0.150. The predicted molar refractivity (Wildman–Crippen MR) is 162 cm³/mol. The number of nitrogens with zero attached hydrogens (tertiary/aromatic N) is 1. The molecule has 2 aliphatic heterocycles. The van der Waals surface area contributed by atoms with Gasteiger partial charge in [-0.25, -0.2) is 8.42 Å². The number of benzene rings is 3. The minimum Gasteiger partial charge on any atom is -0.492 e. The second-order valence-electron chi connectivity index (χ2n) is 10.5. The normalized spacial score (nSPS) is 18.3. The van der Waals surface area contributed by atoms with E-state index < -0.39 is 39.3 Å². The predicted octanol–water partition coefficient (Wildman–Crippen LogP) is 8.04. The van der Waals surface area contributed by atoms with E-state index in [1.165, 1.54) is 67.0 Å². The van der Waals surface area contributed by atoms with Crippen molar-refractivity contribution >= 4 is 43.6 Å². The summed E-state index contributed by atoms with van der Waals surface area (Å²) >= 11 is -5.98. The summed E-state index contributed by atoms with van der Waals surface area (Å²) in [7, 11) is 0. The largest absolute Gasteiger partial charge is 0.508 e. The lowest BCUT2D eigenvalue weighted by Crippen LogP contribution is -2.33. The zero-order chi connectivity index (χ0) is 32.6. The third kappa shape index (κ3) is 7.14. The first-order valence-electron chi connectivity index (χ1n) is 14.0. The Morgan fingerprint density at radius 3 is 2.07 bits per heavy atom. The SMILES string of the molecule is O=S(Oc1ccc2c(c1)OC(c1ccc(OCCN3CCCCC3)cc1)c1c-2sc2cc(OS(=O)C(F)(F)F)ccc12)C(F)(F)F. The van der Waals surface area contributed by atoms with E-state index in [-0.39, 0.29) is 17.2 Å². The van der Waals surface area contributed by atoms with Crippen molar-refractivity contribution in [2.24, 2.45) is 0 Å². The molecule has 16 heteroatoms. The first-order chi connectivity index (χ1) is 21.9. The van der Waals surface area contributed by atoms with Crippen molar-refractivity contribution in [3.8, 4) is 33.4 Å². The van der Waals surface area contributed by atoms with Gasteiger partial charge in [-0.05, 0) is 74.0 Å². The molecule has 4 aromatic rings. The van der Waals surface area contributed by atoms with E-state index in [4.69, 9.17) is 9.47 Å². The first-order valence-corrected chi connectivity index (χ1v) is 17.0. The number of rotatable bonds is 9. The number of hydrogen-bond acceptors (Lipinski definition) is 8. The van der Waals surface area contributed by atoms with Crippen LogP contribution in [0.15, 0.2) is 60.7 Å². The zero-order valence-electron chi connectivity index (χ0n) is 23.7. The summed E-state index contributed by atoms with van der Waals surface area (Å²) in [5.74, 6) is 0.193. The van der Waals surface area contributed by atoms with Crippen LogP contribution in [0.1, 0.15) is 36.5 Å². The second-order valence-corrected chi connectivity index (χ2v) is 13.8. The number of hydrogen-bond donors (Lipinski definition) is 0. The molecule has 0 N–H and O–H groups in total. The van der Waals surface area contributed by atoms with Crippen molar-refractivity contribution in [2.45, 2.75) is 36.4 Å². The molecular formula is C30H25F6NO6S3. The van der Waals surface area contributed by atoms with Crippen molar-refractivity contribution in [3.63, 3.8) is 0 Å². The Hall–Kier alpha value is -3.34. The number of alkyl halides is 6. The molecule has 46 heavy (non-hydrogen) atoms. The zero-order valence-corrected chi connectivity index (χ0v) is 26.1. The summed E-state index contributed by atoms with van der Waals surface area (Å²) in [5.41, 5.74) is -8.34. The van der Waals surface area contributed by atoms with Gasteiger partial charge in [-0.15, -0.1) is 11.3 Å². The second kappa shape index (κ2) is 13.0. The number of piperidine rings is 1. The molecule has 1 saturated heterocycles. The van der Waals surface area contributed by atoms with Crippen LogP contribution in [0, 0.1) is 0 Å². The van der Waals surface area contributed by atoms with Gasteiger partial charge in [0.05, 0.1) is 0 Å². The van der Waals surface area contributed by atoms with Crippen molar-refractivity contribution < 1.29 is 52.6 Å². The molecular weight excluding hydrogens is 681 g/mol. The smallest absolute Gasteiger partial charge is 0.492 e. The van der Waals surface area contributed by atoms with E-state index in [9.17, 15) is 34.8 Å². The van der Waals surface area contributed by atoms with Gasteiger partial charge in [0.1, 0.15) is 29.6 Å². The molecule has 3 aromatic carbocycles. The Labute approximate surface area is 268 Å². The van der Waals surface area contributed by atoms with Crippen molar-refractivity contribution in [2.75, 3.05) is 26.2 Å². The number of likely N-dealkylation sites (tertiary alicyclic amines) is 1. The van der Waals surface area contributed by atoms with Gasteiger partial charge in [0, 0.05) is 38.7 Å². The molecule has 2 aliphatic rings. The van der Waals surface area contributed by atoms with Gasteiger partial charge in [0.25, 0.3) is 0 Å². The number of ether oxygens (including phenoxy) is 2. The highest BCUT2D eigenvalue weighted by atomic mass is 32.2. The molecule has 6 rings (SSSR count). The van der Waals surface area contributed by atoms with Crippen molar-refractivity contribution in [3.05, 3.63) is 71.8 Å². The van der Waals surface area contributed by atoms with Crippen LogP contribution >= 0.6 is 11.3 Å². The van der Waals surface area contributed by atoms with Crippen LogP contribution in [0.3, 0.4) is 0 Å². The lowest BCUT2D eigenvalue weighted by molar-refractivity contribution is -0.0444. The molecule has 0 aliphatic carbocycles. The standard InChI is InChI=1S/C30H25F6NO6S3/c31-29(32,33)45(38)42-20-8-10-22-24(16-20)41-27(18-4-6-19(7-5-18)40-15-14-37-12-2-1-3-13-37)26-23-11-9-21(17-25(23)44-28(22)26)43-46(39)30(34,35)36/h4-11,16-17,27H,1-3,12-15H2. The van der Waals surface area contributed by atoms with Gasteiger partial charge in [-0.3, -0.25) is 4.90 Å². The van der Waals surface area contributed by atoms with Gasteiger partial charge in [0.2, 0.25) is 0 Å². The fourth-order valence-corrected chi connectivity index (χ4v) is 7.39. The van der Waals surface area contributed by atoms with Crippen LogP contribution in [0.5, 0.6) is 23.0 Å². The lowest BCUT2D eigenvalue weighted by Gasteiger charge is -2.28. The van der Waals surface area contributed by atoms with Crippen LogP contribution in [0.2, 0.25) is 0 Å². The summed E-state index contributed by atoms with van der Waals surface area (Å²) in [5, 5.41) is 0.626. The fraction of sp³-hybridized carbons (Fsp3) is 0.333. The van der Waals surface area contributed by atoms with E-state index in [0.717, 1.165) is 19.6 Å². The lowest BCUT2D eigenvalue weighted by atomic mass is 9.93. The third-order valence-corrected chi connectivity index (χ3v) is 10.1. The topological polar surface area (TPSA) is 74.3 Å². The van der Waals surface area contributed by atoms with Crippen molar-refractivity contribution in [1.29, 1.82) is 0 Å². The Balaban J connectivity index is 1.32. The maximum Gasteiger partial charge on any atom is 0.508 e. The van der Waals surface area contributed by atoms with Gasteiger partial charge >= 0.3 is 33.2 Å². The van der Waals surface area contributed by atoms with Crippen LogP contribution in [0.4, 0.5) is 26.3 Å². The Kier molecular flexibility index (Phi) is 9.24. The molecule has 1 aromatic heterocycles. The molecule has 7 nitrogen and oxygen atoms in total. The van der Waals surface area contributed by atoms with Crippen LogP contribution in [-0.4, -0.2) is 50.6 Å². The van der Waals surface area contributed by atoms with Gasteiger partial charge in [-0.1, -0.05) is 18.6 Å². The highest BCUT2D eigenvalue weighted by Gasteiger charge is 2.41. The summed E-state index contributed by atoms with van der Waals surface area (Å²) in [6.07, 6.45) is 2.79. The average molecular weight is 706 g/mol. The molecule has 0 radical (unpaired) electrons. The van der Waals surface area contributed by atoms with Gasteiger partial charge in [-0.2, -0.15) is 26.3 Å². The van der Waals surface area contributed by atoms with E-state index in [0.29, 0.717) is 44.0 Å². The fourth-order valence-electron chi connectivity index (χ4n) is 5.35. The van der Waals surface area contributed by atoms with E-state index >= 15 is 0 Å². The Bertz CT molecular complexity index is 1770. The van der Waals surface area contributed by atoms with Gasteiger partial charge < -0.3 is 17.8 Å². The molecule has 3 atom stereocenters. The van der Waals surface area contributed by atoms with E-state index in [2.05, 4.69) is 13.3 Å². The van der Waals surface area contributed by atoms with E-state index in [1.807, 2.05) is 0 Å². The number of fused-ring (bicyclic) bond motifs is 5. The highest BCUT2D eigenvalue weighted by molar-refractivity contribution is 7.81. The van der Waals surface area contributed by atoms with E-state index in [1.54, 1.807) is 24.3 Å². The third-order valence-electron chi connectivity index (χ3n) is 7.43. The summed E-state index contributed by atoms with van der Waals surface area (Å²) < 4.78 is 122. The molecule has 0 spiro atoms. The van der Waals surface area contributed by atoms with Crippen LogP contribution < -0.4 is 17.8 Å². The monoisotopic (exact) mass is 705 g/mol. The molecule has 3 unspecified atom stereocenters. The quantitative estimate of drug-likeness (QED) is 0.163. The molecule has 0 saturated carbocycles. The first kappa shape index (κ1) is 32.6. The molecule has 0 bridgehead atoms.